The van der Waals surface area contributed by atoms with E-state index in [0.29, 0.717) is 0 Å². The van der Waals surface area contributed by atoms with Crippen LogP contribution in [0.15, 0.2) is 186 Å². The van der Waals surface area contributed by atoms with Crippen molar-refractivity contribution in [2.45, 2.75) is 26.2 Å². The number of hydrogen-bond donors (Lipinski definition) is 0. The summed E-state index contributed by atoms with van der Waals surface area (Å²) in [6.45, 7) is 6.79. The summed E-state index contributed by atoms with van der Waals surface area (Å²) >= 11 is 0. The van der Waals surface area contributed by atoms with Crippen LogP contribution in [0, 0.1) is 0 Å². The number of hydrogen-bond acceptors (Lipinski definition) is 2. The molecule has 9 rings (SSSR count). The number of fused-ring (bicyclic) bond motifs is 4. The lowest BCUT2D eigenvalue weighted by molar-refractivity contribution is 0.568. The Morgan fingerprint density at radius 3 is 1.75 bits per heavy atom. The summed E-state index contributed by atoms with van der Waals surface area (Å²) in [6.07, 6.45) is 0. The second-order valence-electron chi connectivity index (χ2n) is 14.6. The molecule has 0 saturated heterocycles. The van der Waals surface area contributed by atoms with Crippen LogP contribution in [0.1, 0.15) is 26.3 Å². The summed E-state index contributed by atoms with van der Waals surface area (Å²) in [5, 5.41) is 6.14. The molecule has 1 heterocycles. The Morgan fingerprint density at radius 1 is 0.385 bits per heavy atom. The smallest absolute Gasteiger partial charge is 0.139 e. The maximum absolute atomic E-state index is 6.64. The average Bonchev–Trinajstić information content (AvgIpc) is 3.60. The summed E-state index contributed by atoms with van der Waals surface area (Å²) < 4.78 is 6.64. The van der Waals surface area contributed by atoms with E-state index in [1.165, 1.54) is 54.7 Å². The van der Waals surface area contributed by atoms with Gasteiger partial charge in [0.15, 0.2) is 0 Å². The lowest BCUT2D eigenvalue weighted by atomic mass is 9.83. The Hall–Kier alpha value is -6.38. The third kappa shape index (κ3) is 5.73. The van der Waals surface area contributed by atoms with Crippen LogP contribution < -0.4 is 4.90 Å². The third-order valence-electron chi connectivity index (χ3n) is 10.1. The fraction of sp³-hybridized carbons (Fsp3) is 0.0800. The minimum Gasteiger partial charge on any atom is -0.456 e. The molecule has 0 spiro atoms. The molecule has 8 aromatic carbocycles. The summed E-state index contributed by atoms with van der Waals surface area (Å²) in [6, 6.07) is 65.4. The number of para-hydroxylation sites is 1. The quantitative estimate of drug-likeness (QED) is 0.164. The van der Waals surface area contributed by atoms with Gasteiger partial charge in [-0.15, -0.1) is 0 Å². The van der Waals surface area contributed by atoms with Crippen molar-refractivity contribution >= 4 is 49.6 Å². The average molecular weight is 670 g/mol. The van der Waals surface area contributed by atoms with Crippen molar-refractivity contribution in [3.8, 4) is 33.6 Å². The lowest BCUT2D eigenvalue weighted by Crippen LogP contribution is -2.12. The van der Waals surface area contributed by atoms with E-state index in [4.69, 9.17) is 4.42 Å². The van der Waals surface area contributed by atoms with Crippen molar-refractivity contribution in [1.82, 2.24) is 0 Å². The summed E-state index contributed by atoms with van der Waals surface area (Å²) in [7, 11) is 0. The molecule has 0 unspecified atom stereocenters. The van der Waals surface area contributed by atoms with Gasteiger partial charge in [-0.3, -0.25) is 0 Å². The summed E-state index contributed by atoms with van der Waals surface area (Å²) in [5.74, 6) is 0.925. The molecule has 0 aliphatic carbocycles. The van der Waals surface area contributed by atoms with E-state index in [0.717, 1.165) is 34.0 Å². The standard InChI is InChI=1S/C50H39NO/c1-50(2,3)48-46-21-9-10-22-47(46)52-49(48)40-18-12-19-42(33-40)51(43-29-30-45-39(32-43)24-23-36-15-7-8-20-44(36)45)41-27-25-35(26-28-41)38-17-11-16-37(31-38)34-13-5-4-6-14-34/h4-33H,1-3H3. The van der Waals surface area contributed by atoms with Gasteiger partial charge in [0.05, 0.1) is 0 Å². The van der Waals surface area contributed by atoms with Crippen LogP contribution in [0.2, 0.25) is 0 Å². The minimum atomic E-state index is -0.105. The van der Waals surface area contributed by atoms with Crippen molar-refractivity contribution in [2.75, 3.05) is 4.90 Å². The molecule has 52 heavy (non-hydrogen) atoms. The molecule has 0 radical (unpaired) electrons. The van der Waals surface area contributed by atoms with Crippen LogP contribution >= 0.6 is 0 Å². The van der Waals surface area contributed by atoms with Crippen LogP contribution in [0.3, 0.4) is 0 Å². The highest BCUT2D eigenvalue weighted by Gasteiger charge is 2.26. The van der Waals surface area contributed by atoms with E-state index in [2.05, 4.69) is 202 Å². The fourth-order valence-corrected chi connectivity index (χ4v) is 7.68. The first-order valence-corrected chi connectivity index (χ1v) is 18.0. The molecule has 2 nitrogen and oxygen atoms in total. The van der Waals surface area contributed by atoms with Crippen LogP contribution in [-0.2, 0) is 5.41 Å². The molecule has 1 aromatic heterocycles. The summed E-state index contributed by atoms with van der Waals surface area (Å²) in [4.78, 5) is 2.36. The molecule has 0 aliphatic heterocycles. The molecule has 250 valence electrons. The zero-order chi connectivity index (χ0) is 35.2. The van der Waals surface area contributed by atoms with E-state index < -0.39 is 0 Å². The Bertz CT molecular complexity index is 2710. The van der Waals surface area contributed by atoms with Crippen LogP contribution in [0.25, 0.3) is 66.1 Å². The Kier molecular flexibility index (Phi) is 7.74. The van der Waals surface area contributed by atoms with Crippen molar-refractivity contribution in [3.05, 3.63) is 188 Å². The molecule has 0 N–H and O–H groups in total. The van der Waals surface area contributed by atoms with Gasteiger partial charge in [0.1, 0.15) is 11.3 Å². The van der Waals surface area contributed by atoms with Gasteiger partial charge >= 0.3 is 0 Å². The second kappa shape index (κ2) is 12.7. The molecule has 0 atom stereocenters. The van der Waals surface area contributed by atoms with Gasteiger partial charge in [0.2, 0.25) is 0 Å². The van der Waals surface area contributed by atoms with E-state index in [-0.39, 0.29) is 5.41 Å². The molecule has 0 bridgehead atoms. The van der Waals surface area contributed by atoms with Crippen molar-refractivity contribution in [3.63, 3.8) is 0 Å². The normalized spacial score (nSPS) is 11.8. The van der Waals surface area contributed by atoms with E-state index in [9.17, 15) is 0 Å². The highest BCUT2D eigenvalue weighted by Crippen LogP contribution is 2.44. The maximum Gasteiger partial charge on any atom is 0.139 e. The van der Waals surface area contributed by atoms with Gasteiger partial charge in [0, 0.05) is 33.6 Å². The van der Waals surface area contributed by atoms with Crippen LogP contribution in [0.5, 0.6) is 0 Å². The lowest BCUT2D eigenvalue weighted by Gasteiger charge is -2.27. The third-order valence-corrected chi connectivity index (χ3v) is 10.1. The molecule has 2 heteroatoms. The number of rotatable bonds is 6. The SMILES string of the molecule is CC(C)(C)c1c(-c2cccc(N(c3ccc(-c4cccc(-c5ccccc5)c4)cc3)c3ccc4c(ccc5ccccc54)c3)c2)oc2ccccc12. The predicted molar refractivity (Wildman–Crippen MR) is 221 cm³/mol. The molecular formula is C50H39NO. The van der Waals surface area contributed by atoms with Crippen LogP contribution in [-0.4, -0.2) is 0 Å². The number of anilines is 3. The van der Waals surface area contributed by atoms with Crippen molar-refractivity contribution in [2.24, 2.45) is 0 Å². The Morgan fingerprint density at radius 2 is 0.962 bits per heavy atom. The van der Waals surface area contributed by atoms with Crippen molar-refractivity contribution in [1.29, 1.82) is 0 Å². The van der Waals surface area contributed by atoms with Gasteiger partial charge < -0.3 is 9.32 Å². The first kappa shape index (κ1) is 31.6. The van der Waals surface area contributed by atoms with E-state index in [1.54, 1.807) is 0 Å². The van der Waals surface area contributed by atoms with Gasteiger partial charge in [-0.1, -0.05) is 154 Å². The number of benzene rings is 8. The largest absolute Gasteiger partial charge is 0.456 e. The van der Waals surface area contributed by atoms with Gasteiger partial charge in [0.25, 0.3) is 0 Å². The maximum atomic E-state index is 6.64. The van der Waals surface area contributed by atoms with Gasteiger partial charge in [-0.05, 0) is 97.7 Å². The highest BCUT2D eigenvalue weighted by atomic mass is 16.3. The number of furan rings is 1. The van der Waals surface area contributed by atoms with E-state index >= 15 is 0 Å². The second-order valence-corrected chi connectivity index (χ2v) is 14.6. The summed E-state index contributed by atoms with van der Waals surface area (Å²) in [5.41, 5.74) is 11.1. The predicted octanol–water partition coefficient (Wildman–Crippen LogP) is 14.5. The fourth-order valence-electron chi connectivity index (χ4n) is 7.68. The van der Waals surface area contributed by atoms with Gasteiger partial charge in [-0.2, -0.15) is 0 Å². The van der Waals surface area contributed by atoms with Crippen LogP contribution in [0.4, 0.5) is 17.1 Å². The first-order chi connectivity index (χ1) is 25.4. The molecule has 0 aliphatic rings. The number of nitrogens with zero attached hydrogens (tertiary/aromatic N) is 1. The highest BCUT2D eigenvalue weighted by molar-refractivity contribution is 6.08. The monoisotopic (exact) mass is 669 g/mol. The Balaban J connectivity index is 1.18. The Labute approximate surface area is 305 Å². The molecular weight excluding hydrogens is 631 g/mol. The van der Waals surface area contributed by atoms with E-state index in [1.807, 2.05) is 6.07 Å². The van der Waals surface area contributed by atoms with Gasteiger partial charge in [-0.25, -0.2) is 0 Å². The van der Waals surface area contributed by atoms with Crippen molar-refractivity contribution < 1.29 is 4.42 Å². The minimum absolute atomic E-state index is 0.105. The molecule has 0 saturated carbocycles. The molecule has 0 amide bonds. The zero-order valence-electron chi connectivity index (χ0n) is 29.7. The molecule has 9 aromatic rings. The topological polar surface area (TPSA) is 16.4 Å². The first-order valence-electron chi connectivity index (χ1n) is 18.0. The zero-order valence-corrected chi connectivity index (χ0v) is 29.7. The molecule has 0 fully saturated rings.